The maximum Gasteiger partial charge on any atom is 0.306 e. The summed E-state index contributed by atoms with van der Waals surface area (Å²) in [6.07, 6.45) is 51.0. The molecule has 0 aromatic carbocycles. The lowest BCUT2D eigenvalue weighted by molar-refractivity contribution is -0.167. The Morgan fingerprint density at radius 3 is 0.790 bits per heavy atom. The Kier molecular flexibility index (Phi) is 47.6. The van der Waals surface area contributed by atoms with Gasteiger partial charge in [-0.25, -0.2) is 0 Å². The summed E-state index contributed by atoms with van der Waals surface area (Å²) in [6, 6.07) is 0. The largest absolute Gasteiger partial charge is 0.462 e. The van der Waals surface area contributed by atoms with E-state index >= 15 is 0 Å². The van der Waals surface area contributed by atoms with E-state index in [9.17, 15) is 14.4 Å². The van der Waals surface area contributed by atoms with Crippen molar-refractivity contribution in [3.05, 3.63) is 0 Å². The molecule has 0 rings (SSSR count). The maximum absolute atomic E-state index is 12.8. The SMILES string of the molecule is CCCCCCCCCCCCCCCCCCC(=O)OC[C@@H](COC(=O)CCCCCCCCCCCCCCCCC(C)C)OC(=O)CCCCCCCCCCC(C)C. The first-order valence-corrected chi connectivity index (χ1v) is 27.7. The summed E-state index contributed by atoms with van der Waals surface area (Å²) in [5.74, 6) is 0.793. The Bertz CT molecular complexity index is 947. The summed E-state index contributed by atoms with van der Waals surface area (Å²) in [5.41, 5.74) is 0. The second-order valence-corrected chi connectivity index (χ2v) is 20.2. The van der Waals surface area contributed by atoms with Gasteiger partial charge in [0.25, 0.3) is 0 Å². The molecule has 0 radical (unpaired) electrons. The second kappa shape index (κ2) is 48.9. The average Bonchev–Trinajstić information content (AvgIpc) is 3.24. The van der Waals surface area contributed by atoms with Crippen LogP contribution in [0.3, 0.4) is 0 Å². The summed E-state index contributed by atoms with van der Waals surface area (Å²) >= 11 is 0. The van der Waals surface area contributed by atoms with Gasteiger partial charge in [0.15, 0.2) is 6.10 Å². The van der Waals surface area contributed by atoms with Gasteiger partial charge in [0.05, 0.1) is 0 Å². The molecule has 0 bridgehead atoms. The number of rotatable bonds is 50. The molecule has 0 unspecified atom stereocenters. The van der Waals surface area contributed by atoms with Crippen LogP contribution in [0.4, 0.5) is 0 Å². The van der Waals surface area contributed by atoms with E-state index in [1.165, 1.54) is 199 Å². The van der Waals surface area contributed by atoms with Crippen molar-refractivity contribution in [3.63, 3.8) is 0 Å². The molecule has 0 N–H and O–H groups in total. The topological polar surface area (TPSA) is 78.9 Å². The predicted molar refractivity (Wildman–Crippen MR) is 266 cm³/mol. The summed E-state index contributed by atoms with van der Waals surface area (Å²) < 4.78 is 16.8. The van der Waals surface area contributed by atoms with Crippen molar-refractivity contribution in [1.29, 1.82) is 0 Å². The van der Waals surface area contributed by atoms with E-state index in [1.807, 2.05) is 0 Å². The van der Waals surface area contributed by atoms with Crippen LogP contribution in [0.2, 0.25) is 0 Å². The molecule has 0 spiro atoms. The molecule has 0 fully saturated rings. The monoisotopic (exact) mass is 877 g/mol. The molecule has 0 amide bonds. The molecule has 0 aliphatic heterocycles. The van der Waals surface area contributed by atoms with Gasteiger partial charge in [-0.05, 0) is 31.1 Å². The van der Waals surface area contributed by atoms with E-state index in [-0.39, 0.29) is 31.1 Å². The average molecular weight is 877 g/mol. The zero-order chi connectivity index (χ0) is 45.4. The molecule has 62 heavy (non-hydrogen) atoms. The van der Waals surface area contributed by atoms with Crippen LogP contribution in [0.1, 0.15) is 311 Å². The lowest BCUT2D eigenvalue weighted by atomic mass is 10.0. The van der Waals surface area contributed by atoms with Gasteiger partial charge in [0, 0.05) is 19.3 Å². The molecular formula is C56H108O6. The highest BCUT2D eigenvalue weighted by molar-refractivity contribution is 5.71. The number of hydrogen-bond donors (Lipinski definition) is 0. The third kappa shape index (κ3) is 49.4. The van der Waals surface area contributed by atoms with Gasteiger partial charge in [-0.2, -0.15) is 0 Å². The van der Waals surface area contributed by atoms with Gasteiger partial charge >= 0.3 is 17.9 Å². The minimum absolute atomic E-state index is 0.0635. The standard InChI is InChI=1S/C56H108O6/c1-6-7-8-9-10-11-12-13-14-15-19-22-25-31-36-41-46-54(57)60-49-53(62-56(59)48-43-38-33-28-27-30-35-40-45-52(4)5)50-61-55(58)47-42-37-32-26-23-20-17-16-18-21-24-29-34-39-44-51(2)3/h51-53H,6-50H2,1-5H3/t53-/m0/s1. The Balaban J connectivity index is 4.26. The van der Waals surface area contributed by atoms with Crippen molar-refractivity contribution >= 4 is 17.9 Å². The van der Waals surface area contributed by atoms with Gasteiger partial charge in [0.2, 0.25) is 0 Å². The van der Waals surface area contributed by atoms with E-state index in [0.717, 1.165) is 69.6 Å². The van der Waals surface area contributed by atoms with Gasteiger partial charge in [0.1, 0.15) is 13.2 Å². The molecule has 368 valence electrons. The molecule has 0 aliphatic rings. The minimum Gasteiger partial charge on any atom is -0.462 e. The van der Waals surface area contributed by atoms with E-state index in [4.69, 9.17) is 14.2 Å². The van der Waals surface area contributed by atoms with Crippen LogP contribution in [0.25, 0.3) is 0 Å². The summed E-state index contributed by atoms with van der Waals surface area (Å²) in [5, 5.41) is 0. The Labute approximate surface area is 387 Å². The number of carbonyl (C=O) groups is 3. The van der Waals surface area contributed by atoms with Crippen LogP contribution in [-0.2, 0) is 28.6 Å². The highest BCUT2D eigenvalue weighted by Crippen LogP contribution is 2.18. The van der Waals surface area contributed by atoms with Gasteiger partial charge in [-0.15, -0.1) is 0 Å². The number of ether oxygens (including phenoxy) is 3. The fourth-order valence-corrected chi connectivity index (χ4v) is 8.52. The molecule has 1 atom stereocenters. The highest BCUT2D eigenvalue weighted by atomic mass is 16.6. The number of hydrogen-bond acceptors (Lipinski definition) is 6. The van der Waals surface area contributed by atoms with E-state index in [0.29, 0.717) is 19.3 Å². The van der Waals surface area contributed by atoms with Crippen LogP contribution in [-0.4, -0.2) is 37.2 Å². The van der Waals surface area contributed by atoms with Gasteiger partial charge in [-0.3, -0.25) is 14.4 Å². The molecule has 6 heteroatoms. The Hall–Kier alpha value is -1.59. The second-order valence-electron chi connectivity index (χ2n) is 20.2. The highest BCUT2D eigenvalue weighted by Gasteiger charge is 2.19. The molecule has 6 nitrogen and oxygen atoms in total. The minimum atomic E-state index is -0.762. The van der Waals surface area contributed by atoms with E-state index in [1.54, 1.807) is 0 Å². The quantitative estimate of drug-likeness (QED) is 0.0344. The predicted octanol–water partition coefficient (Wildman–Crippen LogP) is 18.1. The zero-order valence-electron chi connectivity index (χ0n) is 42.5. The first-order valence-electron chi connectivity index (χ1n) is 27.7. The van der Waals surface area contributed by atoms with E-state index in [2.05, 4.69) is 34.6 Å². The molecule has 0 aliphatic carbocycles. The van der Waals surface area contributed by atoms with Crippen molar-refractivity contribution in [2.24, 2.45) is 11.8 Å². The van der Waals surface area contributed by atoms with Crippen LogP contribution in [0.15, 0.2) is 0 Å². The summed E-state index contributed by atoms with van der Waals surface area (Å²) in [6.45, 7) is 11.4. The van der Waals surface area contributed by atoms with Crippen molar-refractivity contribution in [1.82, 2.24) is 0 Å². The number of unbranched alkanes of at least 4 members (excludes halogenated alkanes) is 35. The molecule has 0 aromatic rings. The smallest absolute Gasteiger partial charge is 0.306 e. The van der Waals surface area contributed by atoms with Crippen molar-refractivity contribution < 1.29 is 28.6 Å². The van der Waals surface area contributed by atoms with Crippen molar-refractivity contribution in [3.8, 4) is 0 Å². The third-order valence-corrected chi connectivity index (χ3v) is 12.7. The normalized spacial score (nSPS) is 12.0. The van der Waals surface area contributed by atoms with Gasteiger partial charge < -0.3 is 14.2 Å². The fourth-order valence-electron chi connectivity index (χ4n) is 8.52. The molecule has 0 aromatic heterocycles. The fraction of sp³-hybridized carbons (Fsp3) is 0.946. The van der Waals surface area contributed by atoms with Crippen molar-refractivity contribution in [2.75, 3.05) is 13.2 Å². The van der Waals surface area contributed by atoms with Gasteiger partial charge in [-0.1, -0.05) is 272 Å². The number of esters is 3. The lowest BCUT2D eigenvalue weighted by Crippen LogP contribution is -2.30. The summed E-state index contributed by atoms with van der Waals surface area (Å²) in [7, 11) is 0. The third-order valence-electron chi connectivity index (χ3n) is 12.7. The first-order chi connectivity index (χ1) is 30.2. The van der Waals surface area contributed by atoms with Crippen LogP contribution in [0, 0.1) is 11.8 Å². The first kappa shape index (κ1) is 60.4. The Morgan fingerprint density at radius 1 is 0.306 bits per heavy atom. The zero-order valence-corrected chi connectivity index (χ0v) is 42.5. The van der Waals surface area contributed by atoms with Crippen molar-refractivity contribution in [2.45, 2.75) is 317 Å². The molecule has 0 heterocycles. The van der Waals surface area contributed by atoms with E-state index < -0.39 is 6.10 Å². The van der Waals surface area contributed by atoms with Crippen LogP contribution < -0.4 is 0 Å². The molecule has 0 saturated heterocycles. The molecule has 0 saturated carbocycles. The van der Waals surface area contributed by atoms with Crippen LogP contribution in [0.5, 0.6) is 0 Å². The maximum atomic E-state index is 12.8. The Morgan fingerprint density at radius 2 is 0.532 bits per heavy atom. The van der Waals surface area contributed by atoms with Crippen LogP contribution >= 0.6 is 0 Å². The molecular weight excluding hydrogens is 769 g/mol. The summed E-state index contributed by atoms with van der Waals surface area (Å²) in [4.78, 5) is 38.0. The number of carbonyl (C=O) groups excluding carboxylic acids is 3. The lowest BCUT2D eigenvalue weighted by Gasteiger charge is -2.18.